The summed E-state index contributed by atoms with van der Waals surface area (Å²) in [5, 5.41) is 0. The Labute approximate surface area is 132 Å². The lowest BCUT2D eigenvalue weighted by Crippen LogP contribution is -2.21. The van der Waals surface area contributed by atoms with Crippen LogP contribution in [0.4, 0.5) is 0 Å². The van der Waals surface area contributed by atoms with Crippen molar-refractivity contribution in [3.05, 3.63) is 34.1 Å². The fourth-order valence-electron chi connectivity index (χ4n) is 2.52. The summed E-state index contributed by atoms with van der Waals surface area (Å²) in [5.41, 5.74) is 0.836. The van der Waals surface area contributed by atoms with E-state index in [1.165, 1.54) is 0 Å². The van der Waals surface area contributed by atoms with Crippen molar-refractivity contribution in [2.45, 2.75) is 32.6 Å². The number of hydrogen-bond donors (Lipinski definition) is 0. The summed E-state index contributed by atoms with van der Waals surface area (Å²) in [6, 6.07) is 1.81. The topological polar surface area (TPSA) is 56.3 Å². The zero-order valence-electron chi connectivity index (χ0n) is 12.0. The standard InChI is InChI=1S/C16H18BrNO3/c1-2-21-16(20)14(15(19)12-5-3-4-6-12)8-11-7-13(17)10-18-9-11/h7-10,12H,2-6H2,1H3. The lowest BCUT2D eigenvalue weighted by Gasteiger charge is -2.11. The molecule has 1 fully saturated rings. The van der Waals surface area contributed by atoms with Gasteiger partial charge in [0, 0.05) is 22.8 Å². The average Bonchev–Trinajstić information content (AvgIpc) is 2.98. The molecule has 21 heavy (non-hydrogen) atoms. The molecule has 0 saturated heterocycles. The Hall–Kier alpha value is -1.49. The molecule has 112 valence electrons. The van der Waals surface area contributed by atoms with Crippen LogP contribution in [0.1, 0.15) is 38.2 Å². The van der Waals surface area contributed by atoms with Gasteiger partial charge in [0.25, 0.3) is 0 Å². The largest absolute Gasteiger partial charge is 0.462 e. The van der Waals surface area contributed by atoms with Gasteiger partial charge in [0.1, 0.15) is 5.57 Å². The number of hydrogen-bond acceptors (Lipinski definition) is 4. The number of Topliss-reactive ketones (excluding diaryl/α,β-unsaturated/α-hetero) is 1. The molecule has 1 aliphatic carbocycles. The zero-order chi connectivity index (χ0) is 15.2. The highest BCUT2D eigenvalue weighted by Gasteiger charge is 2.29. The summed E-state index contributed by atoms with van der Waals surface area (Å²) in [6.07, 6.45) is 8.65. The number of rotatable bonds is 5. The van der Waals surface area contributed by atoms with Gasteiger partial charge >= 0.3 is 5.97 Å². The zero-order valence-corrected chi connectivity index (χ0v) is 13.6. The van der Waals surface area contributed by atoms with Gasteiger partial charge in [-0.15, -0.1) is 0 Å². The van der Waals surface area contributed by atoms with Crippen molar-refractivity contribution < 1.29 is 14.3 Å². The van der Waals surface area contributed by atoms with Crippen LogP contribution in [-0.4, -0.2) is 23.3 Å². The molecule has 1 aromatic rings. The third-order valence-corrected chi connectivity index (χ3v) is 3.96. The quantitative estimate of drug-likeness (QED) is 0.352. The van der Waals surface area contributed by atoms with E-state index in [2.05, 4.69) is 20.9 Å². The lowest BCUT2D eigenvalue weighted by molar-refractivity contribution is -0.140. The summed E-state index contributed by atoms with van der Waals surface area (Å²) < 4.78 is 5.83. The van der Waals surface area contributed by atoms with Crippen LogP contribution in [0.5, 0.6) is 0 Å². The first-order valence-corrected chi connectivity index (χ1v) is 7.94. The fourth-order valence-corrected chi connectivity index (χ4v) is 2.90. The van der Waals surface area contributed by atoms with Crippen LogP contribution in [0.25, 0.3) is 6.08 Å². The van der Waals surface area contributed by atoms with Crippen LogP contribution in [-0.2, 0) is 14.3 Å². The van der Waals surface area contributed by atoms with Gasteiger partial charge in [0.15, 0.2) is 5.78 Å². The molecule has 1 aromatic heterocycles. The van der Waals surface area contributed by atoms with Gasteiger partial charge in [-0.2, -0.15) is 0 Å². The van der Waals surface area contributed by atoms with Crippen molar-refractivity contribution in [1.29, 1.82) is 0 Å². The molecule has 0 aliphatic heterocycles. The van der Waals surface area contributed by atoms with E-state index in [0.29, 0.717) is 5.56 Å². The number of ketones is 1. The number of ether oxygens (including phenoxy) is 1. The number of pyridine rings is 1. The first-order valence-electron chi connectivity index (χ1n) is 7.15. The van der Waals surface area contributed by atoms with E-state index in [-0.39, 0.29) is 23.9 Å². The van der Waals surface area contributed by atoms with E-state index >= 15 is 0 Å². The Kier molecular flexibility index (Phi) is 5.67. The molecule has 4 nitrogen and oxygen atoms in total. The van der Waals surface area contributed by atoms with E-state index in [1.54, 1.807) is 25.4 Å². The lowest BCUT2D eigenvalue weighted by atomic mass is 9.95. The van der Waals surface area contributed by atoms with Crippen LogP contribution < -0.4 is 0 Å². The van der Waals surface area contributed by atoms with Crippen LogP contribution in [0.3, 0.4) is 0 Å². The third-order valence-electron chi connectivity index (χ3n) is 3.52. The fraction of sp³-hybridized carbons (Fsp3) is 0.438. The maximum atomic E-state index is 12.5. The second kappa shape index (κ2) is 7.50. The Balaban J connectivity index is 2.30. The minimum absolute atomic E-state index is 0.0548. The van der Waals surface area contributed by atoms with Crippen molar-refractivity contribution in [1.82, 2.24) is 4.98 Å². The number of aromatic nitrogens is 1. The first-order chi connectivity index (χ1) is 10.1. The molecule has 1 aliphatic rings. The molecule has 0 bridgehead atoms. The number of carbonyl (C=O) groups is 2. The molecule has 0 unspecified atom stereocenters. The first kappa shape index (κ1) is 15.9. The minimum Gasteiger partial charge on any atom is -0.462 e. The molecule has 0 amide bonds. The molecule has 0 atom stereocenters. The van der Waals surface area contributed by atoms with Gasteiger partial charge in [-0.1, -0.05) is 12.8 Å². The van der Waals surface area contributed by atoms with Crippen LogP contribution in [0.15, 0.2) is 28.5 Å². The van der Waals surface area contributed by atoms with Gasteiger partial charge in [0.05, 0.1) is 6.61 Å². The van der Waals surface area contributed by atoms with E-state index in [1.807, 2.05) is 6.07 Å². The number of halogens is 1. The minimum atomic E-state index is -0.547. The van der Waals surface area contributed by atoms with Gasteiger partial charge in [-0.25, -0.2) is 4.79 Å². The molecule has 0 N–H and O–H groups in total. The normalized spacial score (nSPS) is 16.0. The highest BCUT2D eigenvalue weighted by Crippen LogP contribution is 2.29. The van der Waals surface area contributed by atoms with E-state index in [4.69, 9.17) is 4.74 Å². The summed E-state index contributed by atoms with van der Waals surface area (Å²) in [7, 11) is 0. The van der Waals surface area contributed by atoms with Crippen molar-refractivity contribution in [3.63, 3.8) is 0 Å². The Morgan fingerprint density at radius 1 is 1.38 bits per heavy atom. The van der Waals surface area contributed by atoms with Gasteiger partial charge in [-0.05, 0) is 53.4 Å². The molecule has 0 radical (unpaired) electrons. The Morgan fingerprint density at radius 3 is 2.71 bits per heavy atom. The number of nitrogens with zero attached hydrogens (tertiary/aromatic N) is 1. The average molecular weight is 352 g/mol. The molecule has 0 spiro atoms. The van der Waals surface area contributed by atoms with Crippen LogP contribution >= 0.6 is 15.9 Å². The van der Waals surface area contributed by atoms with Crippen molar-refractivity contribution in [2.24, 2.45) is 5.92 Å². The van der Waals surface area contributed by atoms with E-state index in [0.717, 1.165) is 30.2 Å². The molecule has 0 aromatic carbocycles. The molecular weight excluding hydrogens is 334 g/mol. The van der Waals surface area contributed by atoms with Gasteiger partial charge in [0.2, 0.25) is 0 Å². The van der Waals surface area contributed by atoms with Gasteiger partial charge in [-0.3, -0.25) is 9.78 Å². The predicted molar refractivity (Wildman–Crippen MR) is 83.5 cm³/mol. The van der Waals surface area contributed by atoms with Crippen molar-refractivity contribution in [2.75, 3.05) is 6.61 Å². The van der Waals surface area contributed by atoms with E-state index in [9.17, 15) is 9.59 Å². The SMILES string of the molecule is CCOC(=O)C(=Cc1cncc(Br)c1)C(=O)C1CCCC1. The second-order valence-corrected chi connectivity index (χ2v) is 5.98. The Bertz CT molecular complexity index is 562. The molecule has 1 heterocycles. The summed E-state index contributed by atoms with van der Waals surface area (Å²) in [6.45, 7) is 1.99. The maximum Gasteiger partial charge on any atom is 0.341 e. The third kappa shape index (κ3) is 4.24. The van der Waals surface area contributed by atoms with Crippen molar-refractivity contribution in [3.8, 4) is 0 Å². The molecule has 1 saturated carbocycles. The monoisotopic (exact) mass is 351 g/mol. The van der Waals surface area contributed by atoms with Crippen LogP contribution in [0, 0.1) is 5.92 Å². The second-order valence-electron chi connectivity index (χ2n) is 5.06. The maximum absolute atomic E-state index is 12.5. The highest BCUT2D eigenvalue weighted by atomic mass is 79.9. The number of esters is 1. The van der Waals surface area contributed by atoms with Crippen LogP contribution in [0.2, 0.25) is 0 Å². The van der Waals surface area contributed by atoms with Gasteiger partial charge < -0.3 is 4.74 Å². The number of carbonyl (C=O) groups excluding carboxylic acids is 2. The van der Waals surface area contributed by atoms with E-state index < -0.39 is 5.97 Å². The summed E-state index contributed by atoms with van der Waals surface area (Å²) in [5.74, 6) is -0.707. The predicted octanol–water partition coefficient (Wildman–Crippen LogP) is 3.55. The smallest absolute Gasteiger partial charge is 0.341 e. The molecular formula is C16H18BrNO3. The van der Waals surface area contributed by atoms with Crippen molar-refractivity contribution >= 4 is 33.8 Å². The Morgan fingerprint density at radius 2 is 2.10 bits per heavy atom. The summed E-state index contributed by atoms with van der Waals surface area (Å²) >= 11 is 3.33. The molecule has 2 rings (SSSR count). The highest BCUT2D eigenvalue weighted by molar-refractivity contribution is 9.10. The summed E-state index contributed by atoms with van der Waals surface area (Å²) in [4.78, 5) is 28.7. The molecule has 5 heteroatoms.